The summed E-state index contributed by atoms with van der Waals surface area (Å²) < 4.78 is 8.67. The summed E-state index contributed by atoms with van der Waals surface area (Å²) in [5, 5.41) is 11.4. The molecule has 1 aromatic carbocycles. The second-order valence-corrected chi connectivity index (χ2v) is 5.81. The third-order valence-electron chi connectivity index (χ3n) is 3.67. The van der Waals surface area contributed by atoms with Gasteiger partial charge in [-0.05, 0) is 28.9 Å². The zero-order chi connectivity index (χ0) is 14.8. The minimum absolute atomic E-state index is 0.0774. The fourth-order valence-electron chi connectivity index (χ4n) is 2.69. The number of nitrogens with one attached hydrogen (secondary N) is 1. The summed E-state index contributed by atoms with van der Waals surface area (Å²) in [5.74, 6) is 0.818. The number of fused-ring (bicyclic) bond motifs is 1. The number of benzene rings is 1. The van der Waals surface area contributed by atoms with Crippen LogP contribution in [-0.4, -0.2) is 23.4 Å². The van der Waals surface area contributed by atoms with Crippen LogP contribution in [0.2, 0.25) is 0 Å². The van der Waals surface area contributed by atoms with Crippen molar-refractivity contribution in [2.24, 2.45) is 7.05 Å². The lowest BCUT2D eigenvalue weighted by Crippen LogP contribution is -2.24. The van der Waals surface area contributed by atoms with E-state index in [4.69, 9.17) is 4.74 Å². The van der Waals surface area contributed by atoms with E-state index in [9.17, 15) is 0 Å². The van der Waals surface area contributed by atoms with Gasteiger partial charge in [-0.25, -0.2) is 0 Å². The van der Waals surface area contributed by atoms with Crippen LogP contribution in [0, 0.1) is 0 Å². The average Bonchev–Trinajstić information content (AvgIpc) is 3.09. The molecule has 21 heavy (non-hydrogen) atoms. The molecule has 0 fully saturated rings. The second-order valence-electron chi connectivity index (χ2n) is 4.90. The van der Waals surface area contributed by atoms with Crippen molar-refractivity contribution in [3.8, 4) is 5.75 Å². The summed E-state index contributed by atoms with van der Waals surface area (Å²) >= 11 is 1.77. The summed E-state index contributed by atoms with van der Waals surface area (Å²) in [5.41, 5.74) is 2.34. The second kappa shape index (κ2) is 5.87. The Morgan fingerprint density at radius 1 is 1.38 bits per heavy atom. The van der Waals surface area contributed by atoms with Crippen molar-refractivity contribution in [3.63, 3.8) is 0 Å². The highest BCUT2D eigenvalue weighted by molar-refractivity contribution is 7.17. The number of hydrogen-bond acceptors (Lipinski definition) is 4. The summed E-state index contributed by atoms with van der Waals surface area (Å²) in [6.07, 6.45) is 1.77. The topological polar surface area (TPSA) is 39.1 Å². The molecular formula is C16H19N3OS. The highest BCUT2D eigenvalue weighted by atomic mass is 32.1. The third kappa shape index (κ3) is 2.43. The van der Waals surface area contributed by atoms with Gasteiger partial charge in [-0.1, -0.05) is 25.1 Å². The molecule has 2 aromatic heterocycles. The minimum atomic E-state index is 0.0774. The third-order valence-corrected chi connectivity index (χ3v) is 4.65. The molecule has 3 rings (SSSR count). The fourth-order valence-corrected chi connectivity index (χ4v) is 3.68. The van der Waals surface area contributed by atoms with Gasteiger partial charge in [0.2, 0.25) is 0 Å². The quantitative estimate of drug-likeness (QED) is 0.785. The Morgan fingerprint density at radius 3 is 2.95 bits per heavy atom. The van der Waals surface area contributed by atoms with Crippen LogP contribution in [0.5, 0.6) is 5.75 Å². The first-order chi connectivity index (χ1) is 10.3. The van der Waals surface area contributed by atoms with Gasteiger partial charge in [-0.15, -0.1) is 11.3 Å². The smallest absolute Gasteiger partial charge is 0.161 e. The van der Waals surface area contributed by atoms with E-state index in [2.05, 4.69) is 47.0 Å². The Kier molecular flexibility index (Phi) is 3.94. The first-order valence-corrected chi connectivity index (χ1v) is 7.89. The van der Waals surface area contributed by atoms with Gasteiger partial charge in [-0.2, -0.15) is 5.10 Å². The number of aryl methyl sites for hydroxylation is 1. The maximum atomic E-state index is 5.48. The molecule has 1 unspecified atom stereocenters. The van der Waals surface area contributed by atoms with E-state index >= 15 is 0 Å². The molecule has 0 spiro atoms. The molecule has 0 saturated carbocycles. The molecule has 0 amide bonds. The maximum absolute atomic E-state index is 5.48. The normalized spacial score (nSPS) is 12.7. The van der Waals surface area contributed by atoms with Crippen LogP contribution in [0.4, 0.5) is 0 Å². The van der Waals surface area contributed by atoms with Gasteiger partial charge in [0.1, 0.15) is 5.69 Å². The molecule has 1 N–H and O–H groups in total. The molecule has 0 aliphatic rings. The number of rotatable bonds is 5. The molecule has 5 heteroatoms. The van der Waals surface area contributed by atoms with Gasteiger partial charge >= 0.3 is 0 Å². The largest absolute Gasteiger partial charge is 0.493 e. The monoisotopic (exact) mass is 301 g/mol. The van der Waals surface area contributed by atoms with E-state index in [0.717, 1.165) is 18.0 Å². The van der Waals surface area contributed by atoms with E-state index in [1.165, 1.54) is 15.6 Å². The van der Waals surface area contributed by atoms with Gasteiger partial charge in [0.25, 0.3) is 0 Å². The van der Waals surface area contributed by atoms with Crippen molar-refractivity contribution >= 4 is 21.4 Å². The van der Waals surface area contributed by atoms with Crippen LogP contribution in [0.3, 0.4) is 0 Å². The van der Waals surface area contributed by atoms with E-state index in [-0.39, 0.29) is 6.04 Å². The Hall–Kier alpha value is -1.85. The lowest BCUT2D eigenvalue weighted by molar-refractivity contribution is 0.401. The van der Waals surface area contributed by atoms with Crippen LogP contribution < -0.4 is 10.1 Å². The Bertz CT molecular complexity index is 747. The lowest BCUT2D eigenvalue weighted by Gasteiger charge is -2.19. The van der Waals surface area contributed by atoms with Gasteiger partial charge < -0.3 is 10.1 Å². The van der Waals surface area contributed by atoms with Gasteiger partial charge in [-0.3, -0.25) is 4.68 Å². The van der Waals surface area contributed by atoms with Gasteiger partial charge in [0.05, 0.1) is 19.3 Å². The number of nitrogens with zero attached hydrogens (tertiary/aromatic N) is 2. The summed E-state index contributed by atoms with van der Waals surface area (Å²) in [6, 6.07) is 8.58. The molecule has 0 saturated heterocycles. The average molecular weight is 301 g/mol. The Morgan fingerprint density at radius 2 is 2.19 bits per heavy atom. The van der Waals surface area contributed by atoms with Crippen LogP contribution in [0.25, 0.3) is 10.1 Å². The first-order valence-electron chi connectivity index (χ1n) is 7.01. The van der Waals surface area contributed by atoms with Gasteiger partial charge in [0.15, 0.2) is 5.75 Å². The molecule has 3 aromatic rings. The van der Waals surface area contributed by atoms with Gasteiger partial charge in [0, 0.05) is 11.7 Å². The Labute approximate surface area is 128 Å². The van der Waals surface area contributed by atoms with Crippen molar-refractivity contribution in [1.29, 1.82) is 0 Å². The molecular weight excluding hydrogens is 282 g/mol. The molecule has 0 radical (unpaired) electrons. The molecule has 4 nitrogen and oxygen atoms in total. The predicted octanol–water partition coefficient (Wildman–Crippen LogP) is 3.34. The lowest BCUT2D eigenvalue weighted by atomic mass is 10.0. The minimum Gasteiger partial charge on any atom is -0.493 e. The van der Waals surface area contributed by atoms with E-state index in [1.54, 1.807) is 24.6 Å². The molecule has 110 valence electrons. The summed E-state index contributed by atoms with van der Waals surface area (Å²) in [6.45, 7) is 2.99. The van der Waals surface area contributed by atoms with E-state index in [1.807, 2.05) is 11.7 Å². The highest BCUT2D eigenvalue weighted by Gasteiger charge is 2.24. The summed E-state index contributed by atoms with van der Waals surface area (Å²) in [7, 11) is 3.64. The summed E-state index contributed by atoms with van der Waals surface area (Å²) in [4.78, 5) is 0. The number of ether oxygens (including phenoxy) is 1. The fraction of sp³-hybridized carbons (Fsp3) is 0.312. The van der Waals surface area contributed by atoms with Crippen LogP contribution in [0.15, 0.2) is 35.8 Å². The highest BCUT2D eigenvalue weighted by Crippen LogP contribution is 2.36. The van der Waals surface area contributed by atoms with Crippen molar-refractivity contribution in [1.82, 2.24) is 15.1 Å². The van der Waals surface area contributed by atoms with E-state index < -0.39 is 0 Å². The standard InChI is InChI=1S/C16H19N3OS/c1-4-17-15(16-13(20-3)9-18-19(16)2)12-10-21-14-8-6-5-7-11(12)14/h5-10,15,17H,4H2,1-3H3. The van der Waals surface area contributed by atoms with Crippen molar-refractivity contribution in [3.05, 3.63) is 47.1 Å². The zero-order valence-corrected chi connectivity index (χ0v) is 13.3. The van der Waals surface area contributed by atoms with Crippen LogP contribution in [-0.2, 0) is 7.05 Å². The first kappa shape index (κ1) is 14.1. The predicted molar refractivity (Wildman–Crippen MR) is 87.1 cm³/mol. The number of aromatic nitrogens is 2. The molecule has 2 heterocycles. The maximum Gasteiger partial charge on any atom is 0.161 e. The molecule has 0 aliphatic heterocycles. The Balaban J connectivity index is 2.16. The van der Waals surface area contributed by atoms with E-state index in [0.29, 0.717) is 0 Å². The zero-order valence-electron chi connectivity index (χ0n) is 12.5. The molecule has 0 bridgehead atoms. The van der Waals surface area contributed by atoms with Crippen LogP contribution >= 0.6 is 11.3 Å². The van der Waals surface area contributed by atoms with Crippen molar-refractivity contribution in [2.45, 2.75) is 13.0 Å². The molecule has 0 aliphatic carbocycles. The van der Waals surface area contributed by atoms with Crippen molar-refractivity contribution < 1.29 is 4.74 Å². The number of methoxy groups -OCH3 is 1. The number of thiophene rings is 1. The van der Waals surface area contributed by atoms with Crippen LogP contribution in [0.1, 0.15) is 24.2 Å². The SMILES string of the molecule is CCNC(c1csc2ccccc12)c1c(OC)cnn1C. The number of hydrogen-bond donors (Lipinski definition) is 1. The molecule has 1 atom stereocenters. The van der Waals surface area contributed by atoms with Crippen molar-refractivity contribution in [2.75, 3.05) is 13.7 Å².